The molecule has 0 rings (SSSR count). The maximum Gasteiger partial charge on any atom is 0.150 e. The van der Waals surface area contributed by atoms with Gasteiger partial charge < -0.3 is 10.5 Å². The highest BCUT2D eigenvalue weighted by Gasteiger charge is 2.19. The predicted molar refractivity (Wildman–Crippen MR) is 62.6 cm³/mol. The molecule has 0 aliphatic rings. The molecule has 0 aliphatic heterocycles. The Labute approximate surface area is 93.1 Å². The number of hydrogen-bond donors (Lipinski definition) is 1. The second-order valence-corrected chi connectivity index (χ2v) is 6.60. The van der Waals surface area contributed by atoms with Crippen molar-refractivity contribution in [3.8, 4) is 0 Å². The normalized spacial score (nSPS) is 16.3. The topological polar surface area (TPSA) is 69.4 Å². The van der Waals surface area contributed by atoms with Gasteiger partial charge in [0.25, 0.3) is 0 Å². The Morgan fingerprint density at radius 3 is 2.40 bits per heavy atom. The summed E-state index contributed by atoms with van der Waals surface area (Å²) in [4.78, 5) is 0. The lowest BCUT2D eigenvalue weighted by atomic mass is 9.99. The van der Waals surface area contributed by atoms with Crippen LogP contribution < -0.4 is 5.73 Å². The zero-order chi connectivity index (χ0) is 11.9. The number of nitrogens with two attached hydrogens (primary N) is 1. The first-order valence-corrected chi connectivity index (χ1v) is 7.22. The molecule has 0 saturated carbocycles. The van der Waals surface area contributed by atoms with E-state index in [0.29, 0.717) is 26.1 Å². The molecular formula is C10H23NO3S. The van der Waals surface area contributed by atoms with Crippen molar-refractivity contribution < 1.29 is 13.2 Å². The lowest BCUT2D eigenvalue weighted by Gasteiger charge is -2.23. The third-order valence-electron chi connectivity index (χ3n) is 2.28. The molecule has 92 valence electrons. The van der Waals surface area contributed by atoms with E-state index in [1.54, 1.807) is 6.92 Å². The maximum absolute atomic E-state index is 11.2. The zero-order valence-corrected chi connectivity index (χ0v) is 10.8. The van der Waals surface area contributed by atoms with Crippen LogP contribution in [0.1, 0.15) is 33.6 Å². The summed E-state index contributed by atoms with van der Waals surface area (Å²) in [5, 5.41) is 0. The summed E-state index contributed by atoms with van der Waals surface area (Å²) in [6, 6.07) is 0. The van der Waals surface area contributed by atoms with Gasteiger partial charge in [0.1, 0.15) is 9.84 Å². The summed E-state index contributed by atoms with van der Waals surface area (Å²) >= 11 is 0. The Balaban J connectivity index is 3.84. The van der Waals surface area contributed by atoms with Crippen LogP contribution in [0.3, 0.4) is 0 Å². The Kier molecular flexibility index (Phi) is 6.40. The second-order valence-electron chi connectivity index (χ2n) is 4.13. The van der Waals surface area contributed by atoms with Crippen LogP contribution in [-0.2, 0) is 14.6 Å². The van der Waals surface area contributed by atoms with Crippen LogP contribution in [0.25, 0.3) is 0 Å². The Hall–Kier alpha value is -0.130. The number of sulfone groups is 1. The summed E-state index contributed by atoms with van der Waals surface area (Å²) in [5.41, 5.74) is 5.54. The largest absolute Gasteiger partial charge is 0.380 e. The van der Waals surface area contributed by atoms with E-state index >= 15 is 0 Å². The first kappa shape index (κ1) is 14.9. The molecule has 0 amide bonds. The summed E-state index contributed by atoms with van der Waals surface area (Å²) < 4.78 is 27.7. The average Bonchev–Trinajstić information content (AvgIpc) is 2.14. The molecule has 5 heteroatoms. The van der Waals surface area contributed by atoms with Crippen molar-refractivity contribution in [2.75, 3.05) is 24.7 Å². The average molecular weight is 237 g/mol. The van der Waals surface area contributed by atoms with Crippen LogP contribution in [0.5, 0.6) is 0 Å². The first-order chi connectivity index (χ1) is 6.83. The molecule has 0 aliphatic carbocycles. The molecular weight excluding hydrogens is 214 g/mol. The lowest BCUT2D eigenvalue weighted by Crippen LogP contribution is -2.41. The predicted octanol–water partition coefficient (Wildman–Crippen LogP) is 0.955. The molecule has 0 bridgehead atoms. The van der Waals surface area contributed by atoms with Crippen molar-refractivity contribution >= 4 is 9.84 Å². The molecule has 1 unspecified atom stereocenters. The van der Waals surface area contributed by atoms with E-state index in [1.165, 1.54) is 0 Å². The third-order valence-corrected chi connectivity index (χ3v) is 4.07. The van der Waals surface area contributed by atoms with Crippen LogP contribution in [0.2, 0.25) is 0 Å². The molecule has 15 heavy (non-hydrogen) atoms. The highest BCUT2D eigenvalue weighted by molar-refractivity contribution is 7.91. The molecule has 0 spiro atoms. The molecule has 4 nitrogen and oxygen atoms in total. The van der Waals surface area contributed by atoms with Gasteiger partial charge >= 0.3 is 0 Å². The highest BCUT2D eigenvalue weighted by atomic mass is 32.2. The Bertz CT molecular complexity index is 260. The molecule has 0 fully saturated rings. The van der Waals surface area contributed by atoms with Gasteiger partial charge in [-0.3, -0.25) is 0 Å². The third kappa shape index (κ3) is 7.76. The summed E-state index contributed by atoms with van der Waals surface area (Å²) in [5.74, 6) is 0.433. The van der Waals surface area contributed by atoms with Gasteiger partial charge in [-0.25, -0.2) is 8.42 Å². The van der Waals surface area contributed by atoms with Crippen LogP contribution in [0.4, 0.5) is 0 Å². The van der Waals surface area contributed by atoms with E-state index in [0.717, 1.165) is 0 Å². The molecule has 1 atom stereocenters. The van der Waals surface area contributed by atoms with Crippen molar-refractivity contribution in [1.29, 1.82) is 0 Å². The van der Waals surface area contributed by atoms with Gasteiger partial charge in [-0.2, -0.15) is 0 Å². The van der Waals surface area contributed by atoms with Crippen molar-refractivity contribution in [2.24, 2.45) is 5.73 Å². The summed E-state index contributed by atoms with van der Waals surface area (Å²) in [7, 11) is -2.86. The van der Waals surface area contributed by atoms with E-state index in [1.807, 2.05) is 13.8 Å². The first-order valence-electron chi connectivity index (χ1n) is 5.40. The van der Waals surface area contributed by atoms with Gasteiger partial charge in [-0.05, 0) is 26.7 Å². The molecule has 0 radical (unpaired) electrons. The minimum atomic E-state index is -2.86. The molecule has 0 saturated heterocycles. The van der Waals surface area contributed by atoms with Gasteiger partial charge in [-0.1, -0.05) is 6.92 Å². The lowest BCUT2D eigenvalue weighted by molar-refractivity contribution is 0.0974. The fraction of sp³-hybridized carbons (Fsp3) is 1.00. The quantitative estimate of drug-likeness (QED) is 0.682. The summed E-state index contributed by atoms with van der Waals surface area (Å²) in [6.45, 7) is 6.59. The fourth-order valence-corrected chi connectivity index (χ4v) is 2.12. The molecule has 0 aromatic rings. The van der Waals surface area contributed by atoms with E-state index in [4.69, 9.17) is 10.5 Å². The smallest absolute Gasteiger partial charge is 0.150 e. The van der Waals surface area contributed by atoms with E-state index in [2.05, 4.69) is 0 Å². The maximum atomic E-state index is 11.2. The number of ether oxygens (including phenoxy) is 1. The van der Waals surface area contributed by atoms with Crippen molar-refractivity contribution in [1.82, 2.24) is 0 Å². The standard InChI is InChI=1S/C10H23NO3S/c1-4-14-9-10(3,11)7-6-8-15(12,13)5-2/h4-9,11H2,1-3H3. The number of rotatable bonds is 8. The number of hydrogen-bond acceptors (Lipinski definition) is 4. The second kappa shape index (κ2) is 6.45. The van der Waals surface area contributed by atoms with Gasteiger partial charge in [0.05, 0.1) is 12.4 Å². The zero-order valence-electron chi connectivity index (χ0n) is 9.95. The van der Waals surface area contributed by atoms with Crippen molar-refractivity contribution in [3.63, 3.8) is 0 Å². The Morgan fingerprint density at radius 2 is 1.93 bits per heavy atom. The van der Waals surface area contributed by atoms with Gasteiger partial charge in [0, 0.05) is 17.9 Å². The van der Waals surface area contributed by atoms with Crippen LogP contribution >= 0.6 is 0 Å². The monoisotopic (exact) mass is 237 g/mol. The minimum absolute atomic E-state index is 0.208. The van der Waals surface area contributed by atoms with Crippen LogP contribution in [0, 0.1) is 0 Å². The van der Waals surface area contributed by atoms with Crippen molar-refractivity contribution in [3.05, 3.63) is 0 Å². The van der Waals surface area contributed by atoms with Crippen LogP contribution in [-0.4, -0.2) is 38.7 Å². The molecule has 0 aromatic carbocycles. The van der Waals surface area contributed by atoms with Crippen molar-refractivity contribution in [2.45, 2.75) is 39.2 Å². The Morgan fingerprint density at radius 1 is 1.33 bits per heavy atom. The molecule has 2 N–H and O–H groups in total. The minimum Gasteiger partial charge on any atom is -0.380 e. The fourth-order valence-electron chi connectivity index (χ4n) is 1.25. The SMILES string of the molecule is CCOCC(C)(N)CCCS(=O)(=O)CC. The summed E-state index contributed by atoms with van der Waals surface area (Å²) in [6.07, 6.45) is 1.28. The highest BCUT2D eigenvalue weighted by Crippen LogP contribution is 2.10. The molecule has 0 aromatic heterocycles. The van der Waals surface area contributed by atoms with Gasteiger partial charge in [0.2, 0.25) is 0 Å². The van der Waals surface area contributed by atoms with Gasteiger partial charge in [0.15, 0.2) is 0 Å². The van der Waals surface area contributed by atoms with Gasteiger partial charge in [-0.15, -0.1) is 0 Å². The van der Waals surface area contributed by atoms with E-state index in [9.17, 15) is 8.42 Å². The van der Waals surface area contributed by atoms with E-state index in [-0.39, 0.29) is 11.5 Å². The van der Waals surface area contributed by atoms with E-state index < -0.39 is 15.4 Å². The van der Waals surface area contributed by atoms with Crippen LogP contribution in [0.15, 0.2) is 0 Å². The molecule has 0 heterocycles.